The lowest BCUT2D eigenvalue weighted by atomic mass is 9.77. The van der Waals surface area contributed by atoms with Crippen LogP contribution in [0.4, 0.5) is 0 Å². The molecule has 0 aromatic rings. The molecule has 0 aliphatic carbocycles. The predicted molar refractivity (Wildman–Crippen MR) is 95.4 cm³/mol. The molecule has 2 fully saturated rings. The fraction of sp³-hybridized carbons (Fsp3) is 0.471. The molecule has 0 aromatic heterocycles. The minimum Gasteiger partial charge on any atom is -0.385 e. The number of amidine groups is 1. The number of amides is 1. The first kappa shape index (κ1) is 16.3. The highest BCUT2D eigenvalue weighted by Crippen LogP contribution is 2.39. The van der Waals surface area contributed by atoms with Gasteiger partial charge in [-0.1, -0.05) is 6.58 Å². The zero-order valence-electron chi connectivity index (χ0n) is 13.9. The van der Waals surface area contributed by atoms with E-state index in [4.69, 9.17) is 5.73 Å². The minimum absolute atomic E-state index is 0.0562. The van der Waals surface area contributed by atoms with Crippen LogP contribution in [0.25, 0.3) is 0 Å². The van der Waals surface area contributed by atoms with Gasteiger partial charge in [0.1, 0.15) is 18.2 Å². The van der Waals surface area contributed by atoms with Crippen molar-refractivity contribution in [1.82, 2.24) is 15.1 Å². The minimum atomic E-state index is -0.114. The highest BCUT2D eigenvalue weighted by Gasteiger charge is 2.49. The van der Waals surface area contributed by atoms with Gasteiger partial charge in [0, 0.05) is 32.0 Å². The van der Waals surface area contributed by atoms with Crippen molar-refractivity contribution in [3.8, 4) is 0 Å². The Morgan fingerprint density at radius 2 is 2.29 bits per heavy atom. The van der Waals surface area contributed by atoms with Gasteiger partial charge in [0.05, 0.1) is 11.1 Å². The molecule has 1 amide bonds. The standard InChI is InChI=1S/C17H24N6O/c1-3-20-16-13(5-8-21-16)15(18)22-9-4-6-17(12-22)7-10-23(17)14(24)11-19-2/h3,5,8H,1-2,4,6-7,9-12,18H2,(H,20,21)/b15-13+/t17-/m1/s1. The molecule has 128 valence electrons. The van der Waals surface area contributed by atoms with Gasteiger partial charge in [-0.05, 0) is 32.1 Å². The summed E-state index contributed by atoms with van der Waals surface area (Å²) in [7, 11) is 0. The summed E-state index contributed by atoms with van der Waals surface area (Å²) in [5.74, 6) is 1.46. The van der Waals surface area contributed by atoms with Gasteiger partial charge in [0.2, 0.25) is 5.91 Å². The number of carbonyl (C=O) groups is 1. The number of nitrogens with one attached hydrogen (secondary N) is 1. The van der Waals surface area contributed by atoms with Crippen LogP contribution >= 0.6 is 0 Å². The number of nitrogens with two attached hydrogens (primary N) is 1. The van der Waals surface area contributed by atoms with Crippen molar-refractivity contribution in [1.29, 1.82) is 0 Å². The summed E-state index contributed by atoms with van der Waals surface area (Å²) in [5.41, 5.74) is 7.18. The summed E-state index contributed by atoms with van der Waals surface area (Å²) in [5, 5.41) is 3.07. The first-order chi connectivity index (χ1) is 11.6. The highest BCUT2D eigenvalue weighted by atomic mass is 16.2. The number of likely N-dealkylation sites (tertiary alicyclic amines) is 2. The van der Waals surface area contributed by atoms with Crippen molar-refractivity contribution in [3.05, 3.63) is 36.4 Å². The van der Waals surface area contributed by atoms with Crippen LogP contribution in [0, 0.1) is 0 Å². The lowest BCUT2D eigenvalue weighted by Gasteiger charge is -2.57. The summed E-state index contributed by atoms with van der Waals surface area (Å²) in [6, 6.07) is 0. The van der Waals surface area contributed by atoms with Gasteiger partial charge >= 0.3 is 0 Å². The van der Waals surface area contributed by atoms with Gasteiger partial charge in [0.25, 0.3) is 0 Å². The number of rotatable bonds is 4. The molecular weight excluding hydrogens is 304 g/mol. The van der Waals surface area contributed by atoms with Crippen LogP contribution in [0.15, 0.2) is 46.4 Å². The summed E-state index contributed by atoms with van der Waals surface area (Å²) in [4.78, 5) is 24.3. The second-order valence-corrected chi connectivity index (χ2v) is 6.36. The quantitative estimate of drug-likeness (QED) is 0.739. The fourth-order valence-corrected chi connectivity index (χ4v) is 3.79. The average molecular weight is 328 g/mol. The summed E-state index contributed by atoms with van der Waals surface area (Å²) < 4.78 is 0. The first-order valence-corrected chi connectivity index (χ1v) is 8.21. The van der Waals surface area contributed by atoms with E-state index in [1.54, 1.807) is 0 Å². The van der Waals surface area contributed by atoms with E-state index in [1.807, 2.05) is 17.2 Å². The maximum Gasteiger partial charge on any atom is 0.244 e. The second kappa shape index (κ2) is 6.51. The van der Waals surface area contributed by atoms with E-state index in [9.17, 15) is 4.79 Å². The molecule has 0 radical (unpaired) electrons. The third-order valence-corrected chi connectivity index (χ3v) is 5.04. The van der Waals surface area contributed by atoms with Crippen molar-refractivity contribution >= 4 is 18.5 Å². The SMILES string of the molecule is C=C/N=C1/NC=C/C1=C(/N)N1CCC[C@@]2(CCN2C(=O)CN=C)C1. The molecule has 3 aliphatic rings. The molecule has 2 saturated heterocycles. The molecule has 3 N–H and O–H groups in total. The number of carbonyl (C=O) groups excluding carboxylic acids is 1. The van der Waals surface area contributed by atoms with Crippen LogP contribution in [-0.4, -0.2) is 60.0 Å². The van der Waals surface area contributed by atoms with Gasteiger partial charge < -0.3 is 20.9 Å². The van der Waals surface area contributed by atoms with Crippen LogP contribution in [0.1, 0.15) is 19.3 Å². The lowest BCUT2D eigenvalue weighted by Crippen LogP contribution is -2.69. The molecule has 1 spiro atoms. The van der Waals surface area contributed by atoms with Crippen LogP contribution in [0.2, 0.25) is 0 Å². The van der Waals surface area contributed by atoms with E-state index in [1.165, 1.54) is 6.20 Å². The topological polar surface area (TPSA) is 86.3 Å². The number of hydrogen-bond acceptors (Lipinski definition) is 5. The Hall–Kier alpha value is -2.57. The van der Waals surface area contributed by atoms with Crippen LogP contribution in [-0.2, 0) is 4.79 Å². The van der Waals surface area contributed by atoms with E-state index in [0.29, 0.717) is 11.7 Å². The Labute approximate surface area is 142 Å². The molecule has 3 heterocycles. The van der Waals surface area contributed by atoms with Gasteiger partial charge in [-0.3, -0.25) is 9.79 Å². The molecule has 0 saturated carbocycles. The number of nitrogens with zero attached hydrogens (tertiary/aromatic N) is 4. The van der Waals surface area contributed by atoms with Gasteiger partial charge in [-0.2, -0.15) is 0 Å². The average Bonchev–Trinajstić information content (AvgIpc) is 3.02. The number of aliphatic imine (C=N–C) groups is 2. The molecular formula is C17H24N6O. The predicted octanol–water partition coefficient (Wildman–Crippen LogP) is 0.583. The fourth-order valence-electron chi connectivity index (χ4n) is 3.79. The van der Waals surface area contributed by atoms with Crippen molar-refractivity contribution in [2.45, 2.75) is 24.8 Å². The van der Waals surface area contributed by atoms with E-state index in [-0.39, 0.29) is 18.0 Å². The van der Waals surface area contributed by atoms with Crippen molar-refractivity contribution in [2.75, 3.05) is 26.2 Å². The Kier molecular flexibility index (Phi) is 4.42. The van der Waals surface area contributed by atoms with Crippen molar-refractivity contribution in [3.63, 3.8) is 0 Å². The summed E-state index contributed by atoms with van der Waals surface area (Å²) in [6.07, 6.45) is 8.26. The Bertz CT molecular complexity index is 649. The molecule has 7 heteroatoms. The maximum absolute atomic E-state index is 12.2. The van der Waals surface area contributed by atoms with E-state index in [0.717, 1.165) is 44.5 Å². The molecule has 0 aromatic carbocycles. The molecule has 7 nitrogen and oxygen atoms in total. The van der Waals surface area contributed by atoms with Gasteiger partial charge in [0.15, 0.2) is 0 Å². The van der Waals surface area contributed by atoms with Crippen molar-refractivity contribution < 1.29 is 4.79 Å². The Morgan fingerprint density at radius 1 is 1.46 bits per heavy atom. The van der Waals surface area contributed by atoms with Gasteiger partial charge in [-0.15, -0.1) is 0 Å². The zero-order valence-corrected chi connectivity index (χ0v) is 13.9. The van der Waals surface area contributed by atoms with E-state index in [2.05, 4.69) is 33.5 Å². The first-order valence-electron chi connectivity index (χ1n) is 8.21. The van der Waals surface area contributed by atoms with E-state index < -0.39 is 0 Å². The Morgan fingerprint density at radius 3 is 2.96 bits per heavy atom. The van der Waals surface area contributed by atoms with E-state index >= 15 is 0 Å². The van der Waals surface area contributed by atoms with Crippen LogP contribution < -0.4 is 11.1 Å². The van der Waals surface area contributed by atoms with Gasteiger partial charge in [-0.25, -0.2) is 4.99 Å². The molecule has 3 aliphatic heterocycles. The van der Waals surface area contributed by atoms with Crippen molar-refractivity contribution in [2.24, 2.45) is 15.7 Å². The van der Waals surface area contributed by atoms with Crippen LogP contribution in [0.3, 0.4) is 0 Å². The molecule has 1 atom stereocenters. The number of hydrogen-bond donors (Lipinski definition) is 2. The summed E-state index contributed by atoms with van der Waals surface area (Å²) in [6.45, 7) is 9.64. The third kappa shape index (κ3) is 2.70. The van der Waals surface area contributed by atoms with Crippen LogP contribution in [0.5, 0.6) is 0 Å². The highest BCUT2D eigenvalue weighted by molar-refractivity contribution is 6.04. The smallest absolute Gasteiger partial charge is 0.244 e. The second-order valence-electron chi connectivity index (χ2n) is 6.36. The molecule has 3 rings (SSSR count). The maximum atomic E-state index is 12.2. The summed E-state index contributed by atoms with van der Waals surface area (Å²) >= 11 is 0. The molecule has 24 heavy (non-hydrogen) atoms. The normalized spacial score (nSPS) is 29.4. The molecule has 0 unspecified atom stereocenters. The Balaban J connectivity index is 1.80. The zero-order chi connectivity index (χ0) is 17.2. The largest absolute Gasteiger partial charge is 0.385 e. The number of piperidine rings is 1. The lowest BCUT2D eigenvalue weighted by molar-refractivity contribution is -0.150. The third-order valence-electron chi connectivity index (χ3n) is 5.04. The molecule has 0 bridgehead atoms. The monoisotopic (exact) mass is 328 g/mol.